The summed E-state index contributed by atoms with van der Waals surface area (Å²) in [6.07, 6.45) is 5.20. The third-order valence-electron chi connectivity index (χ3n) is 3.67. The molecule has 0 heterocycles. The first-order chi connectivity index (χ1) is 9.96. The van der Waals surface area contributed by atoms with Crippen LogP contribution < -0.4 is 5.32 Å². The SMILES string of the molecule is CCCCCC(C)(C)CNC(=O)Cc1ccc(C#N)cc1. The Morgan fingerprint density at radius 1 is 1.24 bits per heavy atom. The minimum absolute atomic E-state index is 0.0447. The number of nitriles is 1. The maximum absolute atomic E-state index is 12.0. The first-order valence-electron chi connectivity index (χ1n) is 7.72. The van der Waals surface area contributed by atoms with Crippen LogP contribution in [-0.4, -0.2) is 12.5 Å². The van der Waals surface area contributed by atoms with Gasteiger partial charge >= 0.3 is 0 Å². The van der Waals surface area contributed by atoms with Gasteiger partial charge in [-0.15, -0.1) is 0 Å². The molecule has 0 spiro atoms. The fourth-order valence-electron chi connectivity index (χ4n) is 2.22. The van der Waals surface area contributed by atoms with Gasteiger partial charge in [-0.25, -0.2) is 0 Å². The predicted molar refractivity (Wildman–Crippen MR) is 85.8 cm³/mol. The molecule has 1 amide bonds. The highest BCUT2D eigenvalue weighted by Crippen LogP contribution is 2.22. The van der Waals surface area contributed by atoms with Gasteiger partial charge in [0.05, 0.1) is 18.1 Å². The van der Waals surface area contributed by atoms with Crippen molar-refractivity contribution in [3.05, 3.63) is 35.4 Å². The average molecular weight is 286 g/mol. The molecule has 0 saturated carbocycles. The normalized spacial score (nSPS) is 11.0. The van der Waals surface area contributed by atoms with E-state index in [1.54, 1.807) is 12.1 Å². The van der Waals surface area contributed by atoms with E-state index in [1.165, 1.54) is 19.3 Å². The fourth-order valence-corrected chi connectivity index (χ4v) is 2.22. The van der Waals surface area contributed by atoms with E-state index in [9.17, 15) is 4.79 Å². The topological polar surface area (TPSA) is 52.9 Å². The molecule has 0 unspecified atom stereocenters. The van der Waals surface area contributed by atoms with E-state index in [0.29, 0.717) is 18.5 Å². The molecule has 21 heavy (non-hydrogen) atoms. The summed E-state index contributed by atoms with van der Waals surface area (Å²) in [4.78, 5) is 12.0. The van der Waals surface area contributed by atoms with Crippen molar-refractivity contribution in [2.24, 2.45) is 5.41 Å². The molecule has 3 heteroatoms. The van der Waals surface area contributed by atoms with Crippen LogP contribution in [0.2, 0.25) is 0 Å². The summed E-state index contributed by atoms with van der Waals surface area (Å²) < 4.78 is 0. The summed E-state index contributed by atoms with van der Waals surface area (Å²) in [7, 11) is 0. The lowest BCUT2D eigenvalue weighted by Crippen LogP contribution is -2.34. The lowest BCUT2D eigenvalue weighted by Gasteiger charge is -2.25. The molecule has 0 bridgehead atoms. The van der Waals surface area contributed by atoms with Crippen molar-refractivity contribution in [3.8, 4) is 6.07 Å². The second kappa shape index (κ2) is 8.46. The molecule has 114 valence electrons. The maximum Gasteiger partial charge on any atom is 0.224 e. The second-order valence-corrected chi connectivity index (χ2v) is 6.38. The molecular formula is C18H26N2O. The van der Waals surface area contributed by atoms with E-state index in [4.69, 9.17) is 5.26 Å². The number of amides is 1. The minimum atomic E-state index is 0.0447. The number of hydrogen-bond acceptors (Lipinski definition) is 2. The number of carbonyl (C=O) groups is 1. The number of hydrogen-bond donors (Lipinski definition) is 1. The van der Waals surface area contributed by atoms with E-state index in [2.05, 4.69) is 32.2 Å². The Bertz CT molecular complexity index is 483. The summed E-state index contributed by atoms with van der Waals surface area (Å²) in [6, 6.07) is 9.25. The van der Waals surface area contributed by atoms with Crippen molar-refractivity contribution in [2.45, 2.75) is 52.9 Å². The monoisotopic (exact) mass is 286 g/mol. The van der Waals surface area contributed by atoms with Gasteiger partial charge in [-0.3, -0.25) is 4.79 Å². The highest BCUT2D eigenvalue weighted by atomic mass is 16.1. The van der Waals surface area contributed by atoms with Crippen molar-refractivity contribution in [3.63, 3.8) is 0 Å². The minimum Gasteiger partial charge on any atom is -0.355 e. The molecule has 0 aliphatic rings. The van der Waals surface area contributed by atoms with Crippen LogP contribution in [0.25, 0.3) is 0 Å². The van der Waals surface area contributed by atoms with Crippen LogP contribution in [0.5, 0.6) is 0 Å². The molecule has 1 rings (SSSR count). The number of nitrogens with one attached hydrogen (secondary N) is 1. The van der Waals surface area contributed by atoms with Crippen LogP contribution in [0.1, 0.15) is 57.6 Å². The Kier molecular flexibility index (Phi) is 6.94. The summed E-state index contributed by atoms with van der Waals surface area (Å²) >= 11 is 0. The Morgan fingerprint density at radius 3 is 2.48 bits per heavy atom. The van der Waals surface area contributed by atoms with Gasteiger partial charge in [0.15, 0.2) is 0 Å². The van der Waals surface area contributed by atoms with Gasteiger partial charge in [0.2, 0.25) is 5.91 Å². The molecule has 0 fully saturated rings. The zero-order valence-corrected chi connectivity index (χ0v) is 13.4. The molecule has 0 aliphatic heterocycles. The molecule has 3 nitrogen and oxygen atoms in total. The quantitative estimate of drug-likeness (QED) is 0.738. The van der Waals surface area contributed by atoms with E-state index in [1.807, 2.05) is 12.1 Å². The molecule has 0 atom stereocenters. The third kappa shape index (κ3) is 6.94. The van der Waals surface area contributed by atoms with Gasteiger partial charge in [-0.05, 0) is 29.5 Å². The van der Waals surface area contributed by atoms with Gasteiger partial charge in [-0.2, -0.15) is 5.26 Å². The Morgan fingerprint density at radius 2 is 1.90 bits per heavy atom. The summed E-state index contributed by atoms with van der Waals surface area (Å²) in [5.74, 6) is 0.0447. The molecule has 1 aromatic carbocycles. The molecular weight excluding hydrogens is 260 g/mol. The number of rotatable bonds is 8. The number of carbonyl (C=O) groups excluding carboxylic acids is 1. The van der Waals surface area contributed by atoms with E-state index in [-0.39, 0.29) is 11.3 Å². The standard InChI is InChI=1S/C18H26N2O/c1-4-5-6-11-18(2,3)14-20-17(21)12-15-7-9-16(13-19)10-8-15/h7-10H,4-6,11-12,14H2,1-3H3,(H,20,21). The first-order valence-corrected chi connectivity index (χ1v) is 7.72. The van der Waals surface area contributed by atoms with Crippen LogP contribution in [-0.2, 0) is 11.2 Å². The first kappa shape index (κ1) is 17.2. The van der Waals surface area contributed by atoms with Crippen molar-refractivity contribution >= 4 is 5.91 Å². The van der Waals surface area contributed by atoms with Crippen LogP contribution in [0.15, 0.2) is 24.3 Å². The lowest BCUT2D eigenvalue weighted by molar-refractivity contribution is -0.120. The van der Waals surface area contributed by atoms with E-state index < -0.39 is 0 Å². The molecule has 0 radical (unpaired) electrons. The molecule has 0 saturated heterocycles. The van der Waals surface area contributed by atoms with Crippen LogP contribution in [0.4, 0.5) is 0 Å². The van der Waals surface area contributed by atoms with Gasteiger partial charge < -0.3 is 5.32 Å². The molecule has 1 aromatic rings. The second-order valence-electron chi connectivity index (χ2n) is 6.38. The summed E-state index contributed by atoms with van der Waals surface area (Å²) in [5.41, 5.74) is 1.71. The summed E-state index contributed by atoms with van der Waals surface area (Å²) in [5, 5.41) is 11.8. The number of benzene rings is 1. The molecule has 0 aliphatic carbocycles. The zero-order chi connectivity index (χ0) is 15.7. The fraction of sp³-hybridized carbons (Fsp3) is 0.556. The van der Waals surface area contributed by atoms with Gasteiger partial charge in [0, 0.05) is 6.54 Å². The van der Waals surface area contributed by atoms with E-state index >= 15 is 0 Å². The van der Waals surface area contributed by atoms with Crippen molar-refractivity contribution in [1.29, 1.82) is 5.26 Å². The maximum atomic E-state index is 12.0. The largest absolute Gasteiger partial charge is 0.355 e. The van der Waals surface area contributed by atoms with Gasteiger partial charge in [-0.1, -0.05) is 52.2 Å². The highest BCUT2D eigenvalue weighted by Gasteiger charge is 2.18. The molecule has 1 N–H and O–H groups in total. The number of nitrogens with zero attached hydrogens (tertiary/aromatic N) is 1. The Balaban J connectivity index is 2.37. The lowest BCUT2D eigenvalue weighted by atomic mass is 9.87. The Labute approximate surface area is 128 Å². The van der Waals surface area contributed by atoms with Crippen LogP contribution in [0, 0.1) is 16.7 Å². The smallest absolute Gasteiger partial charge is 0.224 e. The van der Waals surface area contributed by atoms with Crippen LogP contribution >= 0.6 is 0 Å². The van der Waals surface area contributed by atoms with Gasteiger partial charge in [0.25, 0.3) is 0 Å². The van der Waals surface area contributed by atoms with Crippen molar-refractivity contribution in [1.82, 2.24) is 5.32 Å². The third-order valence-corrected chi connectivity index (χ3v) is 3.67. The van der Waals surface area contributed by atoms with E-state index in [0.717, 1.165) is 12.0 Å². The molecule has 0 aromatic heterocycles. The zero-order valence-electron chi connectivity index (χ0n) is 13.4. The summed E-state index contributed by atoms with van der Waals surface area (Å²) in [6.45, 7) is 7.31. The predicted octanol–water partition coefficient (Wildman–Crippen LogP) is 3.82. The van der Waals surface area contributed by atoms with Crippen LogP contribution in [0.3, 0.4) is 0 Å². The number of unbranched alkanes of at least 4 members (excludes halogenated alkanes) is 2. The van der Waals surface area contributed by atoms with Crippen molar-refractivity contribution in [2.75, 3.05) is 6.54 Å². The Hall–Kier alpha value is -1.82. The highest BCUT2D eigenvalue weighted by molar-refractivity contribution is 5.78. The van der Waals surface area contributed by atoms with Crippen molar-refractivity contribution < 1.29 is 4.79 Å². The average Bonchev–Trinajstić information content (AvgIpc) is 2.46. The van der Waals surface area contributed by atoms with Gasteiger partial charge in [0.1, 0.15) is 0 Å².